The number of hydrogen-bond acceptors (Lipinski definition) is 6. The zero-order valence-electron chi connectivity index (χ0n) is 29.4. The maximum Gasteiger partial charge on any atom is 0.310 e. The second kappa shape index (κ2) is 22.7. The first-order valence-corrected chi connectivity index (χ1v) is 19.0. The van der Waals surface area contributed by atoms with E-state index in [1.807, 2.05) is 11.6 Å². The number of unbranched alkanes of at least 4 members (excludes halogenated alkanes) is 11. The average Bonchev–Trinajstić information content (AvgIpc) is 3.72. The highest BCUT2D eigenvalue weighted by Gasteiger charge is 2.39. The van der Waals surface area contributed by atoms with Crippen LogP contribution < -0.4 is 5.32 Å². The molecule has 0 unspecified atom stereocenters. The lowest BCUT2D eigenvalue weighted by molar-refractivity contribution is -0.154. The number of hydrogen-bond donors (Lipinski definition) is 1. The Kier molecular flexibility index (Phi) is 18.7. The molecule has 1 aliphatic rings. The lowest BCUT2D eigenvalue weighted by atomic mass is 9.83. The Morgan fingerprint density at radius 1 is 0.917 bits per heavy atom. The highest BCUT2D eigenvalue weighted by atomic mass is 35.5. The summed E-state index contributed by atoms with van der Waals surface area (Å²) in [6, 6.07) is 5.25. The number of aromatic nitrogens is 2. The molecule has 10 heteroatoms. The van der Waals surface area contributed by atoms with Crippen molar-refractivity contribution in [2.75, 3.05) is 25.0 Å². The van der Waals surface area contributed by atoms with E-state index >= 15 is 0 Å². The number of benzene rings is 1. The minimum atomic E-state index is -0.655. The van der Waals surface area contributed by atoms with Crippen LogP contribution in [0.2, 0.25) is 10.0 Å². The van der Waals surface area contributed by atoms with E-state index in [-0.39, 0.29) is 11.9 Å². The van der Waals surface area contributed by atoms with Crippen LogP contribution in [-0.2, 0) is 27.8 Å². The first-order valence-electron chi connectivity index (χ1n) is 18.2. The van der Waals surface area contributed by atoms with Crippen LogP contribution >= 0.6 is 23.2 Å². The Morgan fingerprint density at radius 2 is 1.56 bits per heavy atom. The van der Waals surface area contributed by atoms with Crippen LogP contribution in [0.5, 0.6) is 0 Å². The third-order valence-corrected chi connectivity index (χ3v) is 9.66. The summed E-state index contributed by atoms with van der Waals surface area (Å²) in [5.41, 5.74) is 1.39. The van der Waals surface area contributed by atoms with Gasteiger partial charge in [0, 0.05) is 31.9 Å². The molecule has 1 aliphatic heterocycles. The Balaban J connectivity index is 1.71. The van der Waals surface area contributed by atoms with Crippen LogP contribution in [0.3, 0.4) is 0 Å². The van der Waals surface area contributed by atoms with Gasteiger partial charge in [-0.25, -0.2) is 4.98 Å². The van der Waals surface area contributed by atoms with Crippen molar-refractivity contribution < 1.29 is 14.3 Å². The standard InChI is InChI=1S/C38H57Cl2N5O3/c1-4-6-8-9-10-11-12-13-14-15-16-17-18-21-31(32(27-30-28-41-29-44(30)3)37(47)48-26-19-7-5-2)36(46)45-25-24-42-38(45)43-35-33(39)22-20-23-34(35)40/h13-14,20,22-23,28-29,31-32H,4-12,15-19,21,24-27H2,1-3H3,(H,42,43)/b14-13-/t31-,32+/m0/s1. The second-order valence-corrected chi connectivity index (χ2v) is 13.7. The predicted molar refractivity (Wildman–Crippen MR) is 199 cm³/mol. The molecule has 0 bridgehead atoms. The van der Waals surface area contributed by atoms with Crippen LogP contribution in [0.15, 0.2) is 47.9 Å². The molecule has 1 aromatic carbocycles. The maximum absolute atomic E-state index is 14.5. The molecule has 0 radical (unpaired) electrons. The van der Waals surface area contributed by atoms with Gasteiger partial charge in [-0.2, -0.15) is 0 Å². The molecule has 0 saturated heterocycles. The highest BCUT2D eigenvalue weighted by molar-refractivity contribution is 6.39. The Hall–Kier alpha value is -2.84. The number of imidazole rings is 1. The molecule has 2 heterocycles. The maximum atomic E-state index is 14.5. The van der Waals surface area contributed by atoms with Crippen molar-refractivity contribution in [2.24, 2.45) is 23.9 Å². The molecular weight excluding hydrogens is 645 g/mol. The van der Waals surface area contributed by atoms with Crippen molar-refractivity contribution in [3.8, 4) is 0 Å². The second-order valence-electron chi connectivity index (χ2n) is 12.9. The van der Waals surface area contributed by atoms with E-state index < -0.39 is 11.8 Å². The quantitative estimate of drug-likeness (QED) is 0.0708. The monoisotopic (exact) mass is 701 g/mol. The van der Waals surface area contributed by atoms with Crippen molar-refractivity contribution in [2.45, 2.75) is 117 Å². The number of aryl methyl sites for hydroxylation is 1. The van der Waals surface area contributed by atoms with Gasteiger partial charge in [0.1, 0.15) is 0 Å². The Morgan fingerprint density at radius 3 is 2.23 bits per heavy atom. The zero-order chi connectivity index (χ0) is 34.6. The average molecular weight is 703 g/mol. The highest BCUT2D eigenvalue weighted by Crippen LogP contribution is 2.32. The predicted octanol–water partition coefficient (Wildman–Crippen LogP) is 9.80. The third kappa shape index (κ3) is 13.2. The topological polar surface area (TPSA) is 88.8 Å². The molecule has 2 atom stereocenters. The van der Waals surface area contributed by atoms with E-state index in [0.29, 0.717) is 54.2 Å². The summed E-state index contributed by atoms with van der Waals surface area (Å²) in [5, 5.41) is 4.08. The van der Waals surface area contributed by atoms with Gasteiger partial charge >= 0.3 is 5.97 Å². The van der Waals surface area contributed by atoms with Gasteiger partial charge in [-0.15, -0.1) is 0 Å². The Bertz CT molecular complexity index is 1290. The van der Waals surface area contributed by atoms with Gasteiger partial charge in [0.15, 0.2) is 0 Å². The van der Waals surface area contributed by atoms with E-state index in [0.717, 1.165) is 57.1 Å². The fourth-order valence-electron chi connectivity index (χ4n) is 6.10. The summed E-state index contributed by atoms with van der Waals surface area (Å²) in [7, 11) is 1.91. The summed E-state index contributed by atoms with van der Waals surface area (Å²) >= 11 is 12.9. The molecule has 0 fully saturated rings. The molecule has 3 rings (SSSR count). The van der Waals surface area contributed by atoms with E-state index in [9.17, 15) is 9.59 Å². The molecule has 8 nitrogen and oxygen atoms in total. The van der Waals surface area contributed by atoms with Crippen LogP contribution in [0.4, 0.5) is 5.69 Å². The number of amides is 1. The Labute approximate surface area is 298 Å². The number of halogens is 2. The summed E-state index contributed by atoms with van der Waals surface area (Å²) in [6.45, 7) is 5.58. The minimum absolute atomic E-state index is 0.140. The fourth-order valence-corrected chi connectivity index (χ4v) is 6.60. The number of guanidine groups is 1. The van der Waals surface area contributed by atoms with Crippen LogP contribution in [0, 0.1) is 11.8 Å². The third-order valence-electron chi connectivity index (χ3n) is 9.03. The lowest BCUT2D eigenvalue weighted by Crippen LogP contribution is -2.46. The molecule has 1 N–H and O–H groups in total. The van der Waals surface area contributed by atoms with E-state index in [2.05, 4.69) is 41.3 Å². The van der Waals surface area contributed by atoms with Crippen molar-refractivity contribution in [3.05, 3.63) is 58.6 Å². The van der Waals surface area contributed by atoms with Gasteiger partial charge in [0.2, 0.25) is 11.9 Å². The molecule has 266 valence electrons. The fraction of sp³-hybridized carbons (Fsp3) is 0.632. The van der Waals surface area contributed by atoms with Gasteiger partial charge < -0.3 is 14.6 Å². The number of carbonyl (C=O) groups is 2. The first-order chi connectivity index (χ1) is 23.4. The van der Waals surface area contributed by atoms with Gasteiger partial charge in [0.05, 0.1) is 47.0 Å². The van der Waals surface area contributed by atoms with Gasteiger partial charge in [-0.1, -0.05) is 113 Å². The molecule has 1 amide bonds. The summed E-state index contributed by atoms with van der Waals surface area (Å²) in [4.78, 5) is 38.8. The number of allylic oxidation sites excluding steroid dienone is 2. The molecule has 1 aromatic heterocycles. The summed E-state index contributed by atoms with van der Waals surface area (Å²) in [6.07, 6.45) is 24.8. The number of rotatable bonds is 23. The molecule has 0 aliphatic carbocycles. The van der Waals surface area contributed by atoms with E-state index in [1.165, 1.54) is 38.5 Å². The molecule has 48 heavy (non-hydrogen) atoms. The van der Waals surface area contributed by atoms with Crippen LogP contribution in [0.25, 0.3) is 0 Å². The minimum Gasteiger partial charge on any atom is -0.465 e. The molecular formula is C38H57Cl2N5O3. The van der Waals surface area contributed by atoms with Crippen molar-refractivity contribution in [1.29, 1.82) is 0 Å². The van der Waals surface area contributed by atoms with Crippen LogP contribution in [0.1, 0.15) is 116 Å². The van der Waals surface area contributed by atoms with E-state index in [1.54, 1.807) is 35.6 Å². The van der Waals surface area contributed by atoms with Gasteiger partial charge in [-0.3, -0.25) is 19.5 Å². The van der Waals surface area contributed by atoms with Crippen molar-refractivity contribution >= 4 is 46.7 Å². The SMILES string of the molecule is CCCCCCCC/C=C\CCCCC[C@H](C(=O)N1CCN=C1Nc1c(Cl)cccc1Cl)[C@@H](Cc1cncn1C)C(=O)OCCCCC. The number of para-hydroxylation sites is 1. The number of aliphatic imine (C=N–C) groups is 1. The number of anilines is 1. The summed E-state index contributed by atoms with van der Waals surface area (Å²) in [5.74, 6) is -1.32. The lowest BCUT2D eigenvalue weighted by Gasteiger charge is -2.30. The smallest absolute Gasteiger partial charge is 0.310 e. The number of carbonyl (C=O) groups excluding carboxylic acids is 2. The normalized spacial score (nSPS) is 14.4. The van der Waals surface area contributed by atoms with Crippen LogP contribution in [-0.4, -0.2) is 52.0 Å². The van der Waals surface area contributed by atoms with Gasteiger partial charge in [0.25, 0.3) is 0 Å². The first kappa shape index (κ1) is 39.6. The van der Waals surface area contributed by atoms with Gasteiger partial charge in [-0.05, 0) is 50.7 Å². The number of nitrogens with one attached hydrogen (secondary N) is 1. The van der Waals surface area contributed by atoms with Crippen molar-refractivity contribution in [3.63, 3.8) is 0 Å². The number of esters is 1. The number of ether oxygens (including phenoxy) is 1. The summed E-state index contributed by atoms with van der Waals surface area (Å²) < 4.78 is 7.74. The molecule has 2 aromatic rings. The van der Waals surface area contributed by atoms with Crippen molar-refractivity contribution in [1.82, 2.24) is 14.5 Å². The molecule has 0 spiro atoms. The largest absolute Gasteiger partial charge is 0.465 e. The molecule has 0 saturated carbocycles. The van der Waals surface area contributed by atoms with E-state index in [4.69, 9.17) is 27.9 Å². The number of nitrogens with zero attached hydrogens (tertiary/aromatic N) is 4. The zero-order valence-corrected chi connectivity index (χ0v) is 30.9.